The maximum absolute atomic E-state index is 12.2. The third-order valence-electron chi connectivity index (χ3n) is 3.59. The molecule has 1 aliphatic heterocycles. The molecule has 0 aromatic carbocycles. The minimum absolute atomic E-state index is 0.00331. The van der Waals surface area contributed by atoms with Gasteiger partial charge in [0.15, 0.2) is 5.82 Å². The zero-order valence-electron chi connectivity index (χ0n) is 12.8. The van der Waals surface area contributed by atoms with E-state index >= 15 is 0 Å². The van der Waals surface area contributed by atoms with Crippen LogP contribution in [0.5, 0.6) is 0 Å². The van der Waals surface area contributed by atoms with E-state index in [4.69, 9.17) is 14.5 Å². The van der Waals surface area contributed by atoms with Gasteiger partial charge in [-0.2, -0.15) is 10.2 Å². The van der Waals surface area contributed by atoms with E-state index in [1.807, 2.05) is 6.07 Å². The van der Waals surface area contributed by atoms with Gasteiger partial charge in [-0.05, 0) is 31.9 Å². The summed E-state index contributed by atoms with van der Waals surface area (Å²) < 4.78 is 37.7. The summed E-state index contributed by atoms with van der Waals surface area (Å²) in [4.78, 5) is 7.89. The van der Waals surface area contributed by atoms with Gasteiger partial charge < -0.3 is 9.26 Å². The fraction of sp³-hybridized carbons (Fsp3) is 0.429. The van der Waals surface area contributed by atoms with Crippen LogP contribution in [-0.2, 0) is 14.8 Å². The molecule has 0 amide bonds. The van der Waals surface area contributed by atoms with Crippen molar-refractivity contribution in [3.05, 3.63) is 35.7 Å². The smallest absolute Gasteiger partial charge is 0.255 e. The highest BCUT2D eigenvalue weighted by Gasteiger charge is 2.31. The Hall–Kier alpha value is -2.35. The Kier molecular flexibility index (Phi) is 4.57. The lowest BCUT2D eigenvalue weighted by molar-refractivity contribution is 0.0290. The number of aromatic nitrogens is 3. The van der Waals surface area contributed by atoms with Crippen molar-refractivity contribution in [2.24, 2.45) is 0 Å². The van der Waals surface area contributed by atoms with Crippen molar-refractivity contribution in [1.29, 1.82) is 5.26 Å². The molecule has 2 aromatic heterocycles. The predicted molar refractivity (Wildman–Crippen MR) is 80.0 cm³/mol. The molecule has 1 aliphatic rings. The average Bonchev–Trinajstić information content (AvgIpc) is 3.22. The van der Waals surface area contributed by atoms with Crippen LogP contribution in [0.1, 0.15) is 36.4 Å². The van der Waals surface area contributed by atoms with Crippen molar-refractivity contribution in [2.45, 2.75) is 36.9 Å². The summed E-state index contributed by atoms with van der Waals surface area (Å²) in [5.74, 6) is 0.945. The van der Waals surface area contributed by atoms with Gasteiger partial charge in [0.1, 0.15) is 22.8 Å². The third kappa shape index (κ3) is 3.59. The monoisotopic (exact) mass is 349 g/mol. The number of ether oxygens (including phenoxy) is 1. The Bertz CT molecular complexity index is 856. The number of sulfonamides is 1. The number of hydrogen-bond acceptors (Lipinski definition) is 8. The third-order valence-corrected chi connectivity index (χ3v) is 5.00. The van der Waals surface area contributed by atoms with Gasteiger partial charge in [-0.1, -0.05) is 5.16 Å². The molecule has 0 unspecified atom stereocenters. The fourth-order valence-corrected chi connectivity index (χ4v) is 3.38. The van der Waals surface area contributed by atoms with Crippen LogP contribution in [0.2, 0.25) is 0 Å². The van der Waals surface area contributed by atoms with Crippen molar-refractivity contribution in [2.75, 3.05) is 6.54 Å². The van der Waals surface area contributed by atoms with E-state index < -0.39 is 10.0 Å². The average molecular weight is 349 g/mol. The fourth-order valence-electron chi connectivity index (χ4n) is 2.37. The summed E-state index contributed by atoms with van der Waals surface area (Å²) >= 11 is 0. The quantitative estimate of drug-likeness (QED) is 0.840. The van der Waals surface area contributed by atoms with Crippen molar-refractivity contribution in [1.82, 2.24) is 19.8 Å². The molecule has 0 spiro atoms. The zero-order valence-corrected chi connectivity index (χ0v) is 13.7. The molecule has 1 N–H and O–H groups in total. The number of nitrogens with one attached hydrogen (secondary N) is 1. The number of nitriles is 1. The Morgan fingerprint density at radius 1 is 1.42 bits per heavy atom. The van der Waals surface area contributed by atoms with E-state index in [2.05, 4.69) is 19.8 Å². The van der Waals surface area contributed by atoms with Crippen LogP contribution < -0.4 is 4.72 Å². The number of aryl methyl sites for hydroxylation is 1. The van der Waals surface area contributed by atoms with Crippen molar-refractivity contribution in [3.63, 3.8) is 0 Å². The Morgan fingerprint density at radius 2 is 2.25 bits per heavy atom. The first-order valence-electron chi connectivity index (χ1n) is 7.29. The molecule has 2 aromatic rings. The van der Waals surface area contributed by atoms with E-state index in [1.165, 1.54) is 12.1 Å². The molecular formula is C14H15N5O4S. The second-order valence-electron chi connectivity index (χ2n) is 5.35. The minimum Gasteiger partial charge on any atom is -0.364 e. The minimum atomic E-state index is -3.70. The first-order valence-corrected chi connectivity index (χ1v) is 8.78. The normalized spacial score (nSPS) is 20.8. The zero-order chi connectivity index (χ0) is 17.2. The summed E-state index contributed by atoms with van der Waals surface area (Å²) in [7, 11) is -3.70. The molecule has 9 nitrogen and oxygen atoms in total. The van der Waals surface area contributed by atoms with E-state index in [9.17, 15) is 8.42 Å². The highest BCUT2D eigenvalue weighted by atomic mass is 32.2. The standard InChI is InChI=1S/C14H15N5O4S/c1-9-18-14(23-19-9)13-5-3-11(22-13)7-17-24(20,21)12-4-2-10(6-15)16-8-12/h2,4,8,11,13,17H,3,5,7H2,1H3/t11-,13+/m1/s1. The van der Waals surface area contributed by atoms with E-state index in [0.717, 1.165) is 6.20 Å². The Labute approximate surface area is 138 Å². The van der Waals surface area contributed by atoms with Crippen LogP contribution in [0.15, 0.2) is 27.7 Å². The molecule has 3 rings (SSSR count). The second-order valence-corrected chi connectivity index (χ2v) is 7.11. The summed E-state index contributed by atoms with van der Waals surface area (Å²) in [5, 5.41) is 12.4. The van der Waals surface area contributed by atoms with Gasteiger partial charge in [-0.3, -0.25) is 0 Å². The van der Waals surface area contributed by atoms with Crippen LogP contribution in [0.4, 0.5) is 0 Å². The molecule has 24 heavy (non-hydrogen) atoms. The lowest BCUT2D eigenvalue weighted by Crippen LogP contribution is -2.32. The van der Waals surface area contributed by atoms with Crippen LogP contribution >= 0.6 is 0 Å². The van der Waals surface area contributed by atoms with E-state index in [0.29, 0.717) is 24.6 Å². The van der Waals surface area contributed by atoms with Crippen molar-refractivity contribution in [3.8, 4) is 6.07 Å². The first-order chi connectivity index (χ1) is 11.5. The lowest BCUT2D eigenvalue weighted by Gasteiger charge is -2.12. The van der Waals surface area contributed by atoms with Gasteiger partial charge in [-0.15, -0.1) is 0 Å². The van der Waals surface area contributed by atoms with E-state index in [1.54, 1.807) is 6.92 Å². The molecule has 1 saturated heterocycles. The van der Waals surface area contributed by atoms with Crippen molar-refractivity contribution >= 4 is 10.0 Å². The summed E-state index contributed by atoms with van der Waals surface area (Å²) in [6.45, 7) is 1.85. The largest absolute Gasteiger partial charge is 0.364 e. The summed E-state index contributed by atoms with van der Waals surface area (Å²) in [6.07, 6.45) is 1.94. The number of nitrogens with zero attached hydrogens (tertiary/aromatic N) is 4. The molecule has 3 heterocycles. The van der Waals surface area contributed by atoms with Gasteiger partial charge >= 0.3 is 0 Å². The highest BCUT2D eigenvalue weighted by Crippen LogP contribution is 2.31. The van der Waals surface area contributed by atoms with Gasteiger partial charge in [0, 0.05) is 12.7 Å². The molecule has 0 radical (unpaired) electrons. The number of pyridine rings is 1. The molecule has 1 fully saturated rings. The maximum Gasteiger partial charge on any atom is 0.255 e. The number of hydrogen-bond donors (Lipinski definition) is 1. The molecule has 0 saturated carbocycles. The topological polar surface area (TPSA) is 131 Å². The van der Waals surface area contributed by atoms with Crippen LogP contribution in [0, 0.1) is 18.3 Å². The molecule has 0 aliphatic carbocycles. The molecule has 126 valence electrons. The van der Waals surface area contributed by atoms with Gasteiger partial charge in [0.2, 0.25) is 10.0 Å². The summed E-state index contributed by atoms with van der Waals surface area (Å²) in [6, 6.07) is 4.53. The molecule has 10 heteroatoms. The van der Waals surface area contributed by atoms with Crippen LogP contribution in [-0.4, -0.2) is 36.2 Å². The predicted octanol–water partition coefficient (Wildman–Crippen LogP) is 0.843. The SMILES string of the molecule is Cc1noc([C@@H]2CC[C@H](CNS(=O)(=O)c3ccc(C#N)nc3)O2)n1. The molecular weight excluding hydrogens is 334 g/mol. The maximum atomic E-state index is 12.2. The van der Waals surface area contributed by atoms with Gasteiger partial charge in [-0.25, -0.2) is 18.1 Å². The van der Waals surface area contributed by atoms with Crippen LogP contribution in [0.25, 0.3) is 0 Å². The molecule has 2 atom stereocenters. The Morgan fingerprint density at radius 3 is 2.88 bits per heavy atom. The van der Waals surface area contributed by atoms with Gasteiger partial charge in [0.25, 0.3) is 5.89 Å². The lowest BCUT2D eigenvalue weighted by atomic mass is 10.2. The van der Waals surface area contributed by atoms with Crippen LogP contribution in [0.3, 0.4) is 0 Å². The molecule has 0 bridgehead atoms. The highest BCUT2D eigenvalue weighted by molar-refractivity contribution is 7.89. The Balaban J connectivity index is 1.58. The van der Waals surface area contributed by atoms with E-state index in [-0.39, 0.29) is 29.3 Å². The number of rotatable bonds is 5. The summed E-state index contributed by atoms with van der Waals surface area (Å²) in [5.41, 5.74) is 0.158. The van der Waals surface area contributed by atoms with Gasteiger partial charge in [0.05, 0.1) is 6.10 Å². The first kappa shape index (κ1) is 16.5. The van der Waals surface area contributed by atoms with Crippen molar-refractivity contribution < 1.29 is 17.7 Å². The second kappa shape index (κ2) is 6.64.